The van der Waals surface area contributed by atoms with E-state index in [9.17, 15) is 0 Å². The zero-order valence-electron chi connectivity index (χ0n) is 22.7. The molecule has 8 aliphatic rings. The summed E-state index contributed by atoms with van der Waals surface area (Å²) in [5.74, 6) is -2.68. The SMILES string of the molecule is CC(c1ccccc1C(C)C12CC3(C)OC(C)(CC(C)(O1)P3)O2)C12CC3(C)OC(C)(CC(C)(O1)P3)O2. The first-order chi connectivity index (χ1) is 16.5. The largest absolute Gasteiger partial charge is 0.339 e. The Morgan fingerprint density at radius 1 is 0.556 bits per heavy atom. The molecule has 12 unspecified atom stereocenters. The molecular formula is C28H40O6P2. The van der Waals surface area contributed by atoms with E-state index in [4.69, 9.17) is 28.4 Å². The summed E-state index contributed by atoms with van der Waals surface area (Å²) in [6, 6.07) is 8.73. The molecule has 8 saturated heterocycles. The van der Waals surface area contributed by atoms with E-state index in [2.05, 4.69) is 79.7 Å². The molecular weight excluding hydrogens is 494 g/mol. The summed E-state index contributed by atoms with van der Waals surface area (Å²) in [7, 11) is 1.19. The summed E-state index contributed by atoms with van der Waals surface area (Å²) >= 11 is 0. The van der Waals surface area contributed by atoms with Crippen LogP contribution in [0.3, 0.4) is 0 Å². The fraction of sp³-hybridized carbons (Fsp3) is 0.786. The predicted octanol–water partition coefficient (Wildman–Crippen LogP) is 6.68. The summed E-state index contributed by atoms with van der Waals surface area (Å²) in [5.41, 5.74) is 2.47. The van der Waals surface area contributed by atoms with Gasteiger partial charge in [0.2, 0.25) is 0 Å². The smallest absolute Gasteiger partial charge is 0.182 e. The Morgan fingerprint density at radius 2 is 0.917 bits per heavy atom. The van der Waals surface area contributed by atoms with Gasteiger partial charge in [-0.05, 0) is 52.7 Å². The molecule has 9 rings (SSSR count). The Bertz CT molecular complexity index is 945. The topological polar surface area (TPSA) is 55.4 Å². The summed E-state index contributed by atoms with van der Waals surface area (Å²) < 4.78 is 40.3. The second-order valence-electron chi connectivity index (χ2n) is 13.5. The van der Waals surface area contributed by atoms with E-state index in [0.717, 1.165) is 25.7 Å². The van der Waals surface area contributed by atoms with Crippen molar-refractivity contribution >= 4 is 17.2 Å². The molecule has 0 saturated carbocycles. The molecule has 0 aliphatic carbocycles. The molecule has 8 heterocycles. The molecule has 8 heteroatoms. The van der Waals surface area contributed by atoms with Gasteiger partial charge in [0.1, 0.15) is 0 Å². The van der Waals surface area contributed by atoms with Gasteiger partial charge in [0, 0.05) is 37.5 Å². The summed E-state index contributed by atoms with van der Waals surface area (Å²) in [6.45, 7) is 17.6. The summed E-state index contributed by atoms with van der Waals surface area (Å²) in [6.07, 6.45) is 2.99. The molecule has 0 spiro atoms. The van der Waals surface area contributed by atoms with Crippen LogP contribution in [-0.2, 0) is 28.4 Å². The van der Waals surface area contributed by atoms with Crippen LogP contribution in [0.25, 0.3) is 0 Å². The van der Waals surface area contributed by atoms with Crippen molar-refractivity contribution in [2.24, 2.45) is 0 Å². The minimum absolute atomic E-state index is 0.0113. The van der Waals surface area contributed by atoms with E-state index in [0.29, 0.717) is 17.2 Å². The van der Waals surface area contributed by atoms with Crippen LogP contribution >= 0.6 is 17.2 Å². The van der Waals surface area contributed by atoms with Crippen molar-refractivity contribution in [3.63, 3.8) is 0 Å². The van der Waals surface area contributed by atoms with Gasteiger partial charge < -0.3 is 28.4 Å². The monoisotopic (exact) mass is 534 g/mol. The number of benzene rings is 1. The van der Waals surface area contributed by atoms with Gasteiger partial charge >= 0.3 is 0 Å². The van der Waals surface area contributed by atoms with Crippen molar-refractivity contribution in [1.82, 2.24) is 0 Å². The third-order valence-corrected chi connectivity index (χ3v) is 12.5. The minimum Gasteiger partial charge on any atom is -0.339 e. The van der Waals surface area contributed by atoms with E-state index in [1.165, 1.54) is 11.1 Å². The summed E-state index contributed by atoms with van der Waals surface area (Å²) in [5, 5.41) is -0.908. The van der Waals surface area contributed by atoms with E-state index < -0.39 is 23.1 Å². The molecule has 8 fully saturated rings. The van der Waals surface area contributed by atoms with Crippen LogP contribution in [0.15, 0.2) is 24.3 Å². The molecule has 8 aliphatic heterocycles. The molecule has 1 aromatic carbocycles. The van der Waals surface area contributed by atoms with E-state index in [-0.39, 0.29) is 33.2 Å². The van der Waals surface area contributed by atoms with Crippen LogP contribution in [0.2, 0.25) is 0 Å². The first-order valence-corrected chi connectivity index (χ1v) is 15.4. The highest BCUT2D eigenvalue weighted by Crippen LogP contribution is 2.72. The van der Waals surface area contributed by atoms with Crippen LogP contribution in [-0.4, -0.2) is 44.5 Å². The van der Waals surface area contributed by atoms with E-state index in [1.807, 2.05) is 0 Å². The van der Waals surface area contributed by atoms with Gasteiger partial charge in [0.05, 0.1) is 21.4 Å². The van der Waals surface area contributed by atoms with Crippen LogP contribution in [0, 0.1) is 0 Å². The second kappa shape index (κ2) is 6.94. The van der Waals surface area contributed by atoms with Gasteiger partial charge in [-0.2, -0.15) is 0 Å². The quantitative estimate of drug-likeness (QED) is 0.402. The third kappa shape index (κ3) is 3.45. The van der Waals surface area contributed by atoms with Gasteiger partial charge in [-0.1, -0.05) is 55.3 Å². The highest BCUT2D eigenvalue weighted by atomic mass is 31.1. The number of hydrogen-bond donors (Lipinski definition) is 0. The average Bonchev–Trinajstić information content (AvgIpc) is 2.65. The zero-order valence-corrected chi connectivity index (χ0v) is 24.7. The summed E-state index contributed by atoms with van der Waals surface area (Å²) in [4.78, 5) is 0. The van der Waals surface area contributed by atoms with Crippen LogP contribution in [0.4, 0.5) is 0 Å². The number of rotatable bonds is 4. The Hall–Kier alpha value is -0.160. The Balaban J connectivity index is 1.29. The molecule has 36 heavy (non-hydrogen) atoms. The Labute approximate surface area is 218 Å². The van der Waals surface area contributed by atoms with Gasteiger partial charge in [0.25, 0.3) is 0 Å². The van der Waals surface area contributed by atoms with Crippen molar-refractivity contribution in [1.29, 1.82) is 0 Å². The minimum atomic E-state index is -0.729. The van der Waals surface area contributed by atoms with E-state index >= 15 is 0 Å². The Kier molecular flexibility index (Phi) is 4.79. The lowest BCUT2D eigenvalue weighted by molar-refractivity contribution is -0.479. The Morgan fingerprint density at radius 3 is 1.25 bits per heavy atom. The van der Waals surface area contributed by atoms with Gasteiger partial charge in [-0.15, -0.1) is 0 Å². The van der Waals surface area contributed by atoms with Gasteiger partial charge in [-0.3, -0.25) is 0 Å². The van der Waals surface area contributed by atoms with Crippen LogP contribution in [0.1, 0.15) is 104 Å². The lowest BCUT2D eigenvalue weighted by atomic mass is 9.77. The lowest BCUT2D eigenvalue weighted by Gasteiger charge is -2.69. The zero-order chi connectivity index (χ0) is 25.6. The van der Waals surface area contributed by atoms with E-state index in [1.54, 1.807) is 0 Å². The first kappa shape index (κ1) is 24.9. The van der Waals surface area contributed by atoms with Crippen molar-refractivity contribution in [2.75, 3.05) is 0 Å². The van der Waals surface area contributed by atoms with Crippen LogP contribution in [0.5, 0.6) is 0 Å². The average molecular weight is 535 g/mol. The molecule has 198 valence electrons. The molecule has 8 bridgehead atoms. The lowest BCUT2D eigenvalue weighted by Crippen LogP contribution is -2.72. The molecule has 0 radical (unpaired) electrons. The van der Waals surface area contributed by atoms with Crippen molar-refractivity contribution in [3.8, 4) is 0 Å². The predicted molar refractivity (Wildman–Crippen MR) is 141 cm³/mol. The molecule has 0 aromatic heterocycles. The molecule has 12 atom stereocenters. The van der Waals surface area contributed by atoms with Crippen molar-refractivity contribution in [2.45, 2.75) is 137 Å². The van der Waals surface area contributed by atoms with Gasteiger partial charge in [-0.25, -0.2) is 0 Å². The second-order valence-corrected chi connectivity index (χ2v) is 18.2. The number of hydrogen-bond acceptors (Lipinski definition) is 6. The maximum absolute atomic E-state index is 6.91. The maximum atomic E-state index is 6.91. The molecule has 0 amide bonds. The molecule has 0 N–H and O–H groups in total. The fourth-order valence-corrected chi connectivity index (χ4v) is 13.7. The fourth-order valence-electron chi connectivity index (χ4n) is 8.96. The molecule has 1 aromatic rings. The third-order valence-electron chi connectivity index (χ3n) is 9.25. The standard InChI is InChI=1S/C28H40O6P2/c1-17(27-15-25(7)29-21(3,31-27)13-23(5,33-27)35-25)19-11-9-10-12-20(19)18(2)28-16-26(8)30-22(4,32-28)14-24(6,34-28)36-26/h9-12,17-18,35-36H,13-16H2,1-8H3. The van der Waals surface area contributed by atoms with Gasteiger partial charge in [0.15, 0.2) is 23.1 Å². The highest BCUT2D eigenvalue weighted by Gasteiger charge is 2.71. The first-order valence-electron chi connectivity index (χ1n) is 13.4. The van der Waals surface area contributed by atoms with Crippen molar-refractivity contribution < 1.29 is 28.4 Å². The normalized spacial score (nSPS) is 57.6. The van der Waals surface area contributed by atoms with Crippen molar-refractivity contribution in [3.05, 3.63) is 35.4 Å². The molecule has 6 nitrogen and oxygen atoms in total. The maximum Gasteiger partial charge on any atom is 0.182 e. The number of ether oxygens (including phenoxy) is 6. The van der Waals surface area contributed by atoms with Crippen LogP contribution < -0.4 is 0 Å². The highest BCUT2D eigenvalue weighted by molar-refractivity contribution is 7.41.